The van der Waals surface area contributed by atoms with Crippen LogP contribution in [0.25, 0.3) is 0 Å². The number of rotatable bonds is 8. The molecule has 1 amide bonds. The largest absolute Gasteiger partial charge is 0.383 e. The number of aromatic nitrogens is 2. The first-order valence-electron chi connectivity index (χ1n) is 5.99. The molecule has 0 spiro atoms. The number of hydrogen-bond acceptors (Lipinski definition) is 5. The highest BCUT2D eigenvalue weighted by Gasteiger charge is 2.06. The molecule has 1 aromatic heterocycles. The van der Waals surface area contributed by atoms with E-state index < -0.39 is 0 Å². The Balaban J connectivity index is 2.16. The van der Waals surface area contributed by atoms with Crippen molar-refractivity contribution in [1.29, 1.82) is 0 Å². The molecule has 1 rings (SSSR count). The number of nitrogens with zero attached hydrogens (tertiary/aromatic N) is 2. The standard InChI is InChI=1S/C12H20N4O2/c1-10(11-9-13-5-6-15-11)14-4-3-12(17)16-7-8-18-2/h5-6,9-10,14H,3-4,7-8H2,1-2H3,(H,16,17). The lowest BCUT2D eigenvalue weighted by atomic mass is 10.2. The molecule has 1 aromatic rings. The molecule has 2 N–H and O–H groups in total. The second kappa shape index (κ2) is 8.54. The molecule has 6 heteroatoms. The van der Waals surface area contributed by atoms with Crippen LogP contribution >= 0.6 is 0 Å². The highest BCUT2D eigenvalue weighted by molar-refractivity contribution is 5.76. The van der Waals surface area contributed by atoms with E-state index in [-0.39, 0.29) is 11.9 Å². The van der Waals surface area contributed by atoms with Gasteiger partial charge >= 0.3 is 0 Å². The van der Waals surface area contributed by atoms with Gasteiger partial charge in [0.1, 0.15) is 0 Å². The van der Waals surface area contributed by atoms with Gasteiger partial charge in [0.15, 0.2) is 0 Å². The van der Waals surface area contributed by atoms with Gasteiger partial charge in [0.05, 0.1) is 12.3 Å². The third-order valence-corrected chi connectivity index (χ3v) is 2.46. The molecule has 0 aliphatic carbocycles. The third kappa shape index (κ3) is 5.70. The van der Waals surface area contributed by atoms with Crippen molar-refractivity contribution in [2.75, 3.05) is 26.8 Å². The van der Waals surface area contributed by atoms with Gasteiger partial charge in [0.25, 0.3) is 0 Å². The van der Waals surface area contributed by atoms with Crippen LogP contribution in [0, 0.1) is 0 Å². The molecular formula is C12H20N4O2. The normalized spacial score (nSPS) is 12.1. The van der Waals surface area contributed by atoms with Crippen molar-refractivity contribution in [1.82, 2.24) is 20.6 Å². The quantitative estimate of drug-likeness (QED) is 0.650. The molecular weight excluding hydrogens is 232 g/mol. The van der Waals surface area contributed by atoms with Gasteiger partial charge in [-0.15, -0.1) is 0 Å². The number of carbonyl (C=O) groups is 1. The van der Waals surface area contributed by atoms with Crippen molar-refractivity contribution in [3.05, 3.63) is 24.3 Å². The van der Waals surface area contributed by atoms with Crippen molar-refractivity contribution >= 4 is 5.91 Å². The summed E-state index contributed by atoms with van der Waals surface area (Å²) in [7, 11) is 1.61. The van der Waals surface area contributed by atoms with Gasteiger partial charge in [-0.05, 0) is 6.92 Å². The highest BCUT2D eigenvalue weighted by atomic mass is 16.5. The Morgan fingerprint density at radius 3 is 2.94 bits per heavy atom. The van der Waals surface area contributed by atoms with Gasteiger partial charge in [-0.25, -0.2) is 0 Å². The van der Waals surface area contributed by atoms with Crippen molar-refractivity contribution < 1.29 is 9.53 Å². The van der Waals surface area contributed by atoms with Gasteiger partial charge in [0.2, 0.25) is 5.91 Å². The van der Waals surface area contributed by atoms with E-state index in [9.17, 15) is 4.79 Å². The van der Waals surface area contributed by atoms with E-state index in [2.05, 4.69) is 20.6 Å². The van der Waals surface area contributed by atoms with Crippen molar-refractivity contribution in [3.8, 4) is 0 Å². The molecule has 0 saturated carbocycles. The fourth-order valence-electron chi connectivity index (χ4n) is 1.42. The van der Waals surface area contributed by atoms with Crippen molar-refractivity contribution in [3.63, 3.8) is 0 Å². The summed E-state index contributed by atoms with van der Waals surface area (Å²) in [5.74, 6) is 0.0193. The summed E-state index contributed by atoms with van der Waals surface area (Å²) in [5, 5.41) is 5.99. The molecule has 0 aliphatic heterocycles. The van der Waals surface area contributed by atoms with Gasteiger partial charge in [-0.3, -0.25) is 14.8 Å². The van der Waals surface area contributed by atoms with Gasteiger partial charge < -0.3 is 15.4 Å². The Morgan fingerprint density at radius 2 is 2.28 bits per heavy atom. The number of hydrogen-bond donors (Lipinski definition) is 2. The molecule has 0 aliphatic rings. The van der Waals surface area contributed by atoms with Crippen LogP contribution < -0.4 is 10.6 Å². The fraction of sp³-hybridized carbons (Fsp3) is 0.583. The highest BCUT2D eigenvalue weighted by Crippen LogP contribution is 2.05. The lowest BCUT2D eigenvalue weighted by Gasteiger charge is -2.12. The fourth-order valence-corrected chi connectivity index (χ4v) is 1.42. The molecule has 0 saturated heterocycles. The van der Waals surface area contributed by atoms with Gasteiger partial charge in [-0.2, -0.15) is 0 Å². The SMILES string of the molecule is COCCNC(=O)CCNC(C)c1cnccn1. The Labute approximate surface area is 107 Å². The topological polar surface area (TPSA) is 76.1 Å². The zero-order valence-electron chi connectivity index (χ0n) is 10.8. The van der Waals surface area contributed by atoms with Gasteiger partial charge in [-0.1, -0.05) is 0 Å². The zero-order valence-corrected chi connectivity index (χ0v) is 10.8. The minimum Gasteiger partial charge on any atom is -0.383 e. The minimum absolute atomic E-state index is 0.0193. The van der Waals surface area contributed by atoms with E-state index in [0.29, 0.717) is 26.1 Å². The molecule has 100 valence electrons. The number of amides is 1. The molecule has 0 fully saturated rings. The lowest BCUT2D eigenvalue weighted by molar-refractivity contribution is -0.121. The van der Waals surface area contributed by atoms with Crippen LogP contribution in [-0.4, -0.2) is 42.7 Å². The lowest BCUT2D eigenvalue weighted by Crippen LogP contribution is -2.31. The summed E-state index contributed by atoms with van der Waals surface area (Å²) >= 11 is 0. The van der Waals surface area contributed by atoms with Crippen LogP contribution in [0.5, 0.6) is 0 Å². The zero-order chi connectivity index (χ0) is 13.2. The molecule has 1 atom stereocenters. The molecule has 18 heavy (non-hydrogen) atoms. The minimum atomic E-state index is 0.0193. The van der Waals surface area contributed by atoms with E-state index in [1.807, 2.05) is 6.92 Å². The van der Waals surface area contributed by atoms with Gasteiger partial charge in [0, 0.05) is 51.3 Å². The predicted molar refractivity (Wildman–Crippen MR) is 68.0 cm³/mol. The maximum Gasteiger partial charge on any atom is 0.221 e. The van der Waals surface area contributed by atoms with Crippen LogP contribution in [0.4, 0.5) is 0 Å². The number of carbonyl (C=O) groups excluding carboxylic acids is 1. The van der Waals surface area contributed by atoms with E-state index in [0.717, 1.165) is 5.69 Å². The average molecular weight is 252 g/mol. The summed E-state index contributed by atoms with van der Waals surface area (Å²) in [6, 6.07) is 0.0884. The first kappa shape index (κ1) is 14.5. The van der Waals surface area contributed by atoms with Crippen molar-refractivity contribution in [2.45, 2.75) is 19.4 Å². The third-order valence-electron chi connectivity index (χ3n) is 2.46. The average Bonchev–Trinajstić information content (AvgIpc) is 2.40. The van der Waals surface area contributed by atoms with Crippen LogP contribution in [0.2, 0.25) is 0 Å². The van der Waals surface area contributed by atoms with Crippen LogP contribution in [0.3, 0.4) is 0 Å². The van der Waals surface area contributed by atoms with Crippen LogP contribution in [-0.2, 0) is 9.53 Å². The summed E-state index contributed by atoms with van der Waals surface area (Å²) in [6.45, 7) is 3.69. The Hall–Kier alpha value is -1.53. The number of nitrogens with one attached hydrogen (secondary N) is 2. The number of ether oxygens (including phenoxy) is 1. The van der Waals surface area contributed by atoms with Crippen LogP contribution in [0.15, 0.2) is 18.6 Å². The first-order chi connectivity index (χ1) is 8.74. The maximum absolute atomic E-state index is 11.4. The Kier molecular flexibility index (Phi) is 6.90. The second-order valence-electron chi connectivity index (χ2n) is 3.90. The molecule has 6 nitrogen and oxygen atoms in total. The molecule has 0 radical (unpaired) electrons. The Morgan fingerprint density at radius 1 is 1.44 bits per heavy atom. The smallest absolute Gasteiger partial charge is 0.221 e. The summed E-state index contributed by atoms with van der Waals surface area (Å²) in [6.07, 6.45) is 5.45. The summed E-state index contributed by atoms with van der Waals surface area (Å²) < 4.78 is 4.85. The van der Waals surface area contributed by atoms with E-state index in [1.165, 1.54) is 0 Å². The maximum atomic E-state index is 11.4. The summed E-state index contributed by atoms with van der Waals surface area (Å²) in [4.78, 5) is 19.6. The van der Waals surface area contributed by atoms with Crippen LogP contribution in [0.1, 0.15) is 25.1 Å². The predicted octanol–water partition coefficient (Wildman–Crippen LogP) is 0.280. The summed E-state index contributed by atoms with van der Waals surface area (Å²) in [5.41, 5.74) is 0.872. The van der Waals surface area contributed by atoms with Crippen molar-refractivity contribution in [2.24, 2.45) is 0 Å². The second-order valence-corrected chi connectivity index (χ2v) is 3.90. The molecule has 0 aromatic carbocycles. The Bertz CT molecular complexity index is 345. The van der Waals surface area contributed by atoms with E-state index >= 15 is 0 Å². The molecule has 0 bridgehead atoms. The first-order valence-corrected chi connectivity index (χ1v) is 5.99. The molecule has 1 unspecified atom stereocenters. The molecule has 1 heterocycles. The number of methoxy groups -OCH3 is 1. The monoisotopic (exact) mass is 252 g/mol. The van der Waals surface area contributed by atoms with E-state index in [4.69, 9.17) is 4.74 Å². The van der Waals surface area contributed by atoms with E-state index in [1.54, 1.807) is 25.7 Å².